The number of imidazole rings is 1. The Morgan fingerprint density at radius 1 is 1.18 bits per heavy atom. The van der Waals surface area contributed by atoms with Crippen molar-refractivity contribution in [2.45, 2.75) is 13.0 Å². The van der Waals surface area contributed by atoms with Crippen molar-refractivity contribution in [2.24, 2.45) is 0 Å². The van der Waals surface area contributed by atoms with Gasteiger partial charge in [-0.2, -0.15) is 0 Å². The molecule has 0 aliphatic rings. The van der Waals surface area contributed by atoms with Gasteiger partial charge >= 0.3 is 5.97 Å². The molecule has 4 nitrogen and oxygen atoms in total. The first-order valence-electron chi connectivity index (χ1n) is 6.93. The minimum Gasteiger partial charge on any atom is -0.468 e. The van der Waals surface area contributed by atoms with E-state index in [-0.39, 0.29) is 12.5 Å². The van der Waals surface area contributed by atoms with E-state index in [0.717, 1.165) is 26.9 Å². The number of para-hydroxylation sites is 2. The molecule has 0 unspecified atom stereocenters. The van der Waals surface area contributed by atoms with E-state index in [2.05, 4.69) is 20.9 Å². The maximum atomic E-state index is 11.7. The van der Waals surface area contributed by atoms with Crippen LogP contribution in [0.5, 0.6) is 0 Å². The number of aromatic nitrogens is 2. The summed E-state index contributed by atoms with van der Waals surface area (Å²) in [5.41, 5.74) is 2.98. The first-order valence-corrected chi connectivity index (χ1v) is 7.72. The lowest BCUT2D eigenvalue weighted by molar-refractivity contribution is -0.141. The molecule has 0 saturated heterocycles. The zero-order valence-electron chi connectivity index (χ0n) is 12.1. The van der Waals surface area contributed by atoms with Gasteiger partial charge in [-0.15, -0.1) is 0 Å². The summed E-state index contributed by atoms with van der Waals surface area (Å²) in [6, 6.07) is 15.9. The van der Waals surface area contributed by atoms with Crippen molar-refractivity contribution in [1.29, 1.82) is 0 Å². The number of fused-ring (bicyclic) bond motifs is 1. The van der Waals surface area contributed by atoms with Crippen molar-refractivity contribution in [2.75, 3.05) is 7.11 Å². The van der Waals surface area contributed by atoms with Crippen LogP contribution in [0.15, 0.2) is 53.0 Å². The van der Waals surface area contributed by atoms with Gasteiger partial charge in [0.05, 0.1) is 18.1 Å². The monoisotopic (exact) mass is 358 g/mol. The van der Waals surface area contributed by atoms with Gasteiger partial charge in [-0.1, -0.05) is 40.2 Å². The third kappa shape index (κ3) is 3.04. The highest BCUT2D eigenvalue weighted by Gasteiger charge is 2.14. The maximum absolute atomic E-state index is 11.7. The van der Waals surface area contributed by atoms with E-state index in [4.69, 9.17) is 4.74 Å². The number of nitrogens with zero attached hydrogens (tertiary/aromatic N) is 2. The van der Waals surface area contributed by atoms with E-state index < -0.39 is 0 Å². The molecule has 0 fully saturated rings. The number of hydrogen-bond donors (Lipinski definition) is 0. The lowest BCUT2D eigenvalue weighted by Gasteiger charge is -2.08. The fourth-order valence-corrected chi connectivity index (χ4v) is 2.68. The topological polar surface area (TPSA) is 44.1 Å². The van der Waals surface area contributed by atoms with Crippen LogP contribution in [0.1, 0.15) is 11.4 Å². The molecule has 3 rings (SSSR count). The van der Waals surface area contributed by atoms with E-state index in [0.29, 0.717) is 6.42 Å². The second-order valence-corrected chi connectivity index (χ2v) is 5.90. The zero-order valence-corrected chi connectivity index (χ0v) is 13.7. The summed E-state index contributed by atoms with van der Waals surface area (Å²) >= 11 is 3.43. The number of ether oxygens (including phenoxy) is 1. The Labute approximate surface area is 136 Å². The van der Waals surface area contributed by atoms with Crippen molar-refractivity contribution in [3.63, 3.8) is 0 Å². The number of carbonyl (C=O) groups is 1. The molecule has 0 radical (unpaired) electrons. The molecule has 0 saturated carbocycles. The molecule has 1 heterocycles. The second-order valence-electron chi connectivity index (χ2n) is 4.98. The molecule has 112 valence electrons. The largest absolute Gasteiger partial charge is 0.468 e. The van der Waals surface area contributed by atoms with Crippen molar-refractivity contribution in [1.82, 2.24) is 9.55 Å². The predicted molar refractivity (Wildman–Crippen MR) is 88.7 cm³/mol. The molecule has 0 aliphatic heterocycles. The van der Waals surface area contributed by atoms with E-state index >= 15 is 0 Å². The van der Waals surface area contributed by atoms with Gasteiger partial charge < -0.3 is 9.30 Å². The second kappa shape index (κ2) is 6.32. The molecule has 22 heavy (non-hydrogen) atoms. The SMILES string of the molecule is COC(=O)Cn1c(Cc2ccc(Br)cc2)nc2ccccc21. The van der Waals surface area contributed by atoms with Crippen LogP contribution >= 0.6 is 15.9 Å². The first-order chi connectivity index (χ1) is 10.7. The third-order valence-electron chi connectivity index (χ3n) is 3.52. The Bertz CT molecular complexity index is 809. The fraction of sp³-hybridized carbons (Fsp3) is 0.176. The van der Waals surface area contributed by atoms with Crippen molar-refractivity contribution < 1.29 is 9.53 Å². The summed E-state index contributed by atoms with van der Waals surface area (Å²) < 4.78 is 7.76. The molecular formula is C17H15BrN2O2. The molecule has 0 amide bonds. The first kappa shape index (κ1) is 14.8. The maximum Gasteiger partial charge on any atom is 0.325 e. The quantitative estimate of drug-likeness (QED) is 0.669. The van der Waals surface area contributed by atoms with Crippen LogP contribution in [0, 0.1) is 0 Å². The van der Waals surface area contributed by atoms with Crippen LogP contribution in [-0.2, 0) is 22.5 Å². The van der Waals surface area contributed by atoms with E-state index in [1.165, 1.54) is 7.11 Å². The van der Waals surface area contributed by atoms with Gasteiger partial charge in [0.2, 0.25) is 0 Å². The average Bonchev–Trinajstić information content (AvgIpc) is 2.87. The van der Waals surface area contributed by atoms with Gasteiger partial charge in [0.1, 0.15) is 12.4 Å². The molecule has 0 N–H and O–H groups in total. The number of halogens is 1. The standard InChI is InChI=1S/C17H15BrN2O2/c1-22-17(21)11-20-15-5-3-2-4-14(15)19-16(20)10-12-6-8-13(18)9-7-12/h2-9H,10-11H2,1H3. The predicted octanol–water partition coefficient (Wildman–Crippen LogP) is 3.56. The Kier molecular flexibility index (Phi) is 4.24. The number of benzene rings is 2. The molecule has 0 bridgehead atoms. The van der Waals surface area contributed by atoms with Crippen LogP contribution in [0.4, 0.5) is 0 Å². The summed E-state index contributed by atoms with van der Waals surface area (Å²) in [4.78, 5) is 16.4. The summed E-state index contributed by atoms with van der Waals surface area (Å²) in [6.45, 7) is 0.170. The van der Waals surface area contributed by atoms with Gasteiger partial charge in [0.15, 0.2) is 0 Å². The minimum absolute atomic E-state index is 0.170. The lowest BCUT2D eigenvalue weighted by atomic mass is 10.1. The molecule has 2 aromatic carbocycles. The Morgan fingerprint density at radius 3 is 2.64 bits per heavy atom. The van der Waals surface area contributed by atoms with Gasteiger partial charge in [-0.05, 0) is 29.8 Å². The summed E-state index contributed by atoms with van der Waals surface area (Å²) in [7, 11) is 1.40. The van der Waals surface area contributed by atoms with E-state index in [1.807, 2.05) is 53.1 Å². The smallest absolute Gasteiger partial charge is 0.325 e. The van der Waals surface area contributed by atoms with E-state index in [9.17, 15) is 4.79 Å². The van der Waals surface area contributed by atoms with Gasteiger partial charge in [-0.25, -0.2) is 4.98 Å². The lowest BCUT2D eigenvalue weighted by Crippen LogP contribution is -2.14. The summed E-state index contributed by atoms with van der Waals surface area (Å²) in [5, 5.41) is 0. The number of methoxy groups -OCH3 is 1. The van der Waals surface area contributed by atoms with Crippen LogP contribution in [0.3, 0.4) is 0 Å². The number of esters is 1. The highest BCUT2D eigenvalue weighted by atomic mass is 79.9. The van der Waals surface area contributed by atoms with Crippen LogP contribution in [-0.4, -0.2) is 22.6 Å². The Balaban J connectivity index is 2.01. The van der Waals surface area contributed by atoms with Crippen LogP contribution < -0.4 is 0 Å². The third-order valence-corrected chi connectivity index (χ3v) is 4.05. The highest BCUT2D eigenvalue weighted by Crippen LogP contribution is 2.19. The Hall–Kier alpha value is -2.14. The van der Waals surface area contributed by atoms with Gasteiger partial charge in [0, 0.05) is 10.9 Å². The fourth-order valence-electron chi connectivity index (χ4n) is 2.42. The zero-order chi connectivity index (χ0) is 15.5. The normalized spacial score (nSPS) is 10.8. The minimum atomic E-state index is -0.278. The van der Waals surface area contributed by atoms with Crippen LogP contribution in [0.25, 0.3) is 11.0 Å². The van der Waals surface area contributed by atoms with Crippen LogP contribution in [0.2, 0.25) is 0 Å². The van der Waals surface area contributed by atoms with Gasteiger partial charge in [-0.3, -0.25) is 4.79 Å². The summed E-state index contributed by atoms with van der Waals surface area (Å²) in [6.07, 6.45) is 0.666. The average molecular weight is 359 g/mol. The Morgan fingerprint density at radius 2 is 1.91 bits per heavy atom. The van der Waals surface area contributed by atoms with Crippen molar-refractivity contribution in [3.05, 3.63) is 64.4 Å². The molecule has 1 aromatic heterocycles. The number of rotatable bonds is 4. The van der Waals surface area contributed by atoms with Crippen molar-refractivity contribution >= 4 is 32.9 Å². The molecule has 0 atom stereocenters. The van der Waals surface area contributed by atoms with E-state index in [1.54, 1.807) is 0 Å². The molecule has 5 heteroatoms. The van der Waals surface area contributed by atoms with Crippen molar-refractivity contribution in [3.8, 4) is 0 Å². The number of carbonyl (C=O) groups excluding carboxylic acids is 1. The molecule has 3 aromatic rings. The molecular weight excluding hydrogens is 344 g/mol. The number of hydrogen-bond acceptors (Lipinski definition) is 3. The molecule has 0 spiro atoms. The summed E-state index contributed by atoms with van der Waals surface area (Å²) in [5.74, 6) is 0.578. The highest BCUT2D eigenvalue weighted by molar-refractivity contribution is 9.10. The van der Waals surface area contributed by atoms with Gasteiger partial charge in [0.25, 0.3) is 0 Å². The molecule has 0 aliphatic carbocycles.